The summed E-state index contributed by atoms with van der Waals surface area (Å²) in [6, 6.07) is 7.71. The van der Waals surface area contributed by atoms with Crippen molar-refractivity contribution in [2.24, 2.45) is 0 Å². The van der Waals surface area contributed by atoms with Gasteiger partial charge < -0.3 is 14.0 Å². The second-order valence-corrected chi connectivity index (χ2v) is 6.50. The summed E-state index contributed by atoms with van der Waals surface area (Å²) in [7, 11) is 0. The SMILES string of the molecule is Cc1cc(CN2CC[C@]3(C[C@H](Oc4ccccn4)CO3)C2)no1. The first kappa shape index (κ1) is 14.7. The van der Waals surface area contributed by atoms with Gasteiger partial charge in [-0.1, -0.05) is 11.2 Å². The summed E-state index contributed by atoms with van der Waals surface area (Å²) in [5.41, 5.74) is 0.900. The van der Waals surface area contributed by atoms with Crippen LogP contribution in [-0.2, 0) is 11.3 Å². The fraction of sp³-hybridized carbons (Fsp3) is 0.529. The molecule has 23 heavy (non-hydrogen) atoms. The minimum absolute atomic E-state index is 0.0825. The van der Waals surface area contributed by atoms with Crippen molar-refractivity contribution in [1.82, 2.24) is 15.0 Å². The van der Waals surface area contributed by atoms with Crippen LogP contribution in [0.15, 0.2) is 35.0 Å². The lowest BCUT2D eigenvalue weighted by Crippen LogP contribution is -2.33. The Morgan fingerprint density at radius 1 is 1.43 bits per heavy atom. The van der Waals surface area contributed by atoms with Gasteiger partial charge in [-0.3, -0.25) is 4.90 Å². The molecule has 0 aliphatic carbocycles. The molecule has 0 bridgehead atoms. The van der Waals surface area contributed by atoms with E-state index in [1.54, 1.807) is 6.20 Å². The summed E-state index contributed by atoms with van der Waals surface area (Å²) in [4.78, 5) is 6.60. The molecule has 2 aliphatic heterocycles. The van der Waals surface area contributed by atoms with Crippen LogP contribution in [0.2, 0.25) is 0 Å². The van der Waals surface area contributed by atoms with Crippen molar-refractivity contribution in [2.45, 2.75) is 38.0 Å². The summed E-state index contributed by atoms with van der Waals surface area (Å²) in [5, 5.41) is 4.07. The van der Waals surface area contributed by atoms with E-state index in [1.165, 1.54) is 0 Å². The average Bonchev–Trinajstić information content (AvgIpc) is 3.24. The predicted octanol–water partition coefficient (Wildman–Crippen LogP) is 2.19. The van der Waals surface area contributed by atoms with Crippen LogP contribution >= 0.6 is 0 Å². The van der Waals surface area contributed by atoms with Gasteiger partial charge in [0.2, 0.25) is 5.88 Å². The minimum atomic E-state index is -0.0851. The van der Waals surface area contributed by atoms with Crippen LogP contribution in [0.3, 0.4) is 0 Å². The molecule has 6 nitrogen and oxygen atoms in total. The van der Waals surface area contributed by atoms with Gasteiger partial charge in [-0.2, -0.15) is 0 Å². The van der Waals surface area contributed by atoms with Gasteiger partial charge in [0.25, 0.3) is 0 Å². The van der Waals surface area contributed by atoms with Crippen LogP contribution in [0.25, 0.3) is 0 Å². The molecule has 6 heteroatoms. The summed E-state index contributed by atoms with van der Waals surface area (Å²) < 4.78 is 17.2. The van der Waals surface area contributed by atoms with Crippen molar-refractivity contribution in [1.29, 1.82) is 0 Å². The number of hydrogen-bond donors (Lipinski definition) is 0. The molecule has 0 unspecified atom stereocenters. The topological polar surface area (TPSA) is 60.6 Å². The van der Waals surface area contributed by atoms with Crippen molar-refractivity contribution in [3.05, 3.63) is 41.9 Å². The van der Waals surface area contributed by atoms with Gasteiger partial charge in [-0.15, -0.1) is 0 Å². The standard InChI is InChI=1S/C17H21N3O3/c1-13-8-14(19-23-13)10-20-7-5-17(12-20)9-15(11-21-17)22-16-4-2-3-6-18-16/h2-4,6,8,15H,5,7,9-12H2,1H3/t15-,17-/m0/s1. The molecule has 2 aliphatic rings. The quantitative estimate of drug-likeness (QED) is 0.862. The molecule has 2 atom stereocenters. The molecular weight excluding hydrogens is 294 g/mol. The molecule has 122 valence electrons. The lowest BCUT2D eigenvalue weighted by Gasteiger charge is -2.22. The molecule has 0 N–H and O–H groups in total. The van der Waals surface area contributed by atoms with E-state index in [0.29, 0.717) is 12.5 Å². The monoisotopic (exact) mass is 315 g/mol. The smallest absolute Gasteiger partial charge is 0.213 e. The predicted molar refractivity (Wildman–Crippen MR) is 83.1 cm³/mol. The number of likely N-dealkylation sites (tertiary alicyclic amines) is 1. The van der Waals surface area contributed by atoms with Crippen LogP contribution in [-0.4, -0.2) is 46.4 Å². The molecule has 0 radical (unpaired) electrons. The molecule has 2 aromatic heterocycles. The van der Waals surface area contributed by atoms with Gasteiger partial charge in [0, 0.05) is 44.4 Å². The van der Waals surface area contributed by atoms with E-state index in [4.69, 9.17) is 14.0 Å². The fourth-order valence-corrected chi connectivity index (χ4v) is 3.53. The van der Waals surface area contributed by atoms with Crippen molar-refractivity contribution in [2.75, 3.05) is 19.7 Å². The first-order valence-electron chi connectivity index (χ1n) is 8.07. The van der Waals surface area contributed by atoms with Crippen molar-refractivity contribution in [3.63, 3.8) is 0 Å². The van der Waals surface area contributed by atoms with Gasteiger partial charge >= 0.3 is 0 Å². The van der Waals surface area contributed by atoms with Gasteiger partial charge in [-0.05, 0) is 19.4 Å². The number of ether oxygens (including phenoxy) is 2. The van der Waals surface area contributed by atoms with E-state index >= 15 is 0 Å². The van der Waals surface area contributed by atoms with Gasteiger partial charge in [0.1, 0.15) is 11.9 Å². The van der Waals surface area contributed by atoms with E-state index in [2.05, 4.69) is 15.0 Å². The molecule has 0 amide bonds. The third-order valence-electron chi connectivity index (χ3n) is 4.56. The minimum Gasteiger partial charge on any atom is -0.472 e. The molecule has 4 heterocycles. The van der Waals surface area contributed by atoms with Gasteiger partial charge in [0.05, 0.1) is 17.9 Å². The zero-order valence-corrected chi connectivity index (χ0v) is 13.3. The number of aryl methyl sites for hydroxylation is 1. The second-order valence-electron chi connectivity index (χ2n) is 6.50. The van der Waals surface area contributed by atoms with Crippen LogP contribution in [0.1, 0.15) is 24.3 Å². The zero-order valence-electron chi connectivity index (χ0n) is 13.3. The maximum absolute atomic E-state index is 6.12. The number of nitrogens with zero attached hydrogens (tertiary/aromatic N) is 3. The molecular formula is C17H21N3O3. The van der Waals surface area contributed by atoms with E-state index in [0.717, 1.165) is 43.9 Å². The highest BCUT2D eigenvalue weighted by atomic mass is 16.6. The molecule has 2 fully saturated rings. The van der Waals surface area contributed by atoms with E-state index in [1.807, 2.05) is 31.2 Å². The first-order valence-corrected chi connectivity index (χ1v) is 8.07. The highest BCUT2D eigenvalue weighted by Crippen LogP contribution is 2.36. The molecule has 1 spiro atoms. The van der Waals surface area contributed by atoms with Crippen LogP contribution in [0, 0.1) is 6.92 Å². The van der Waals surface area contributed by atoms with Crippen LogP contribution < -0.4 is 4.74 Å². The Labute approximate surface area is 135 Å². The molecule has 4 rings (SSSR count). The largest absolute Gasteiger partial charge is 0.472 e. The van der Waals surface area contributed by atoms with Crippen molar-refractivity contribution < 1.29 is 14.0 Å². The number of pyridine rings is 1. The van der Waals surface area contributed by atoms with E-state index in [-0.39, 0.29) is 11.7 Å². The van der Waals surface area contributed by atoms with Gasteiger partial charge in [0.15, 0.2) is 0 Å². The summed E-state index contributed by atoms with van der Waals surface area (Å²) in [6.07, 6.45) is 3.78. The van der Waals surface area contributed by atoms with Crippen LogP contribution in [0.5, 0.6) is 5.88 Å². The second kappa shape index (κ2) is 5.94. The van der Waals surface area contributed by atoms with Crippen molar-refractivity contribution in [3.8, 4) is 5.88 Å². The Bertz CT molecular complexity index is 660. The van der Waals surface area contributed by atoms with Gasteiger partial charge in [-0.25, -0.2) is 4.98 Å². The Morgan fingerprint density at radius 2 is 2.39 bits per heavy atom. The van der Waals surface area contributed by atoms with Crippen molar-refractivity contribution >= 4 is 0 Å². The summed E-state index contributed by atoms with van der Waals surface area (Å²) >= 11 is 0. The number of hydrogen-bond acceptors (Lipinski definition) is 6. The Balaban J connectivity index is 1.34. The lowest BCUT2D eigenvalue weighted by atomic mass is 9.98. The Hall–Kier alpha value is -1.92. The Kier molecular flexibility index (Phi) is 3.79. The molecule has 0 aromatic carbocycles. The third-order valence-corrected chi connectivity index (χ3v) is 4.56. The normalized spacial score (nSPS) is 27.8. The lowest BCUT2D eigenvalue weighted by molar-refractivity contribution is 0.00910. The summed E-state index contributed by atoms with van der Waals surface area (Å²) in [5.74, 6) is 1.53. The average molecular weight is 315 g/mol. The number of rotatable bonds is 4. The van der Waals surface area contributed by atoms with E-state index < -0.39 is 0 Å². The molecule has 2 aromatic rings. The summed E-state index contributed by atoms with van der Waals surface area (Å²) in [6.45, 7) is 5.30. The number of aromatic nitrogens is 2. The van der Waals surface area contributed by atoms with Crippen LogP contribution in [0.4, 0.5) is 0 Å². The molecule has 2 saturated heterocycles. The highest BCUT2D eigenvalue weighted by Gasteiger charge is 2.46. The zero-order chi connectivity index (χ0) is 15.7. The fourth-order valence-electron chi connectivity index (χ4n) is 3.53. The maximum Gasteiger partial charge on any atom is 0.213 e. The molecule has 0 saturated carbocycles. The third kappa shape index (κ3) is 3.23. The first-order chi connectivity index (χ1) is 11.2. The maximum atomic E-state index is 6.12. The van der Waals surface area contributed by atoms with E-state index in [9.17, 15) is 0 Å². The highest BCUT2D eigenvalue weighted by molar-refractivity contribution is 5.11. The Morgan fingerprint density at radius 3 is 3.17 bits per heavy atom.